The average Bonchev–Trinajstić information content (AvgIpc) is 2.01. The fourth-order valence-electron chi connectivity index (χ4n) is 0.681. The molecular formula is C7H15NO2. The molecule has 2 N–H and O–H groups in total. The van der Waals surface area contributed by atoms with E-state index in [9.17, 15) is 4.79 Å². The van der Waals surface area contributed by atoms with E-state index in [1.165, 1.54) is 0 Å². The summed E-state index contributed by atoms with van der Waals surface area (Å²) < 4.78 is 0. The molecule has 0 aliphatic heterocycles. The molecule has 0 unspecified atom stereocenters. The van der Waals surface area contributed by atoms with E-state index in [-0.39, 0.29) is 5.97 Å². The first kappa shape index (κ1) is 9.43. The average molecular weight is 145 g/mol. The zero-order valence-corrected chi connectivity index (χ0v) is 6.81. The number of carbonyl (C=O) groups excluding carboxylic acids is 1. The van der Waals surface area contributed by atoms with Crippen LogP contribution < -0.4 is 5.90 Å². The maximum absolute atomic E-state index is 10.9. The Balaban J connectivity index is 4.17. The van der Waals surface area contributed by atoms with Gasteiger partial charge in [0.15, 0.2) is 0 Å². The van der Waals surface area contributed by atoms with E-state index in [2.05, 4.69) is 4.84 Å². The van der Waals surface area contributed by atoms with Crippen LogP contribution in [0.1, 0.15) is 33.6 Å². The van der Waals surface area contributed by atoms with E-state index < -0.39 is 5.41 Å². The van der Waals surface area contributed by atoms with Gasteiger partial charge in [-0.15, -0.1) is 0 Å². The summed E-state index contributed by atoms with van der Waals surface area (Å²) in [6.07, 6.45) is 1.53. The van der Waals surface area contributed by atoms with Crippen LogP contribution in [0.25, 0.3) is 0 Å². The molecule has 10 heavy (non-hydrogen) atoms. The minimum Gasteiger partial charge on any atom is -0.373 e. The van der Waals surface area contributed by atoms with E-state index in [0.29, 0.717) is 0 Å². The Hall–Kier alpha value is -0.570. The molecule has 0 radical (unpaired) electrons. The lowest BCUT2D eigenvalue weighted by Crippen LogP contribution is -2.30. The molecule has 0 rings (SSSR count). The van der Waals surface area contributed by atoms with Gasteiger partial charge in [0.1, 0.15) is 0 Å². The van der Waals surface area contributed by atoms with Gasteiger partial charge in [0.2, 0.25) is 0 Å². The molecule has 0 saturated carbocycles. The third-order valence-electron chi connectivity index (χ3n) is 2.16. The third kappa shape index (κ3) is 1.70. The standard InChI is InChI=1S/C7H15NO2/c1-4-7(3,5-2)6(9)10-8/h4-5,8H2,1-3H3. The Morgan fingerprint density at radius 1 is 1.50 bits per heavy atom. The van der Waals surface area contributed by atoms with E-state index in [0.717, 1.165) is 12.8 Å². The second-order valence-corrected chi connectivity index (χ2v) is 2.67. The summed E-state index contributed by atoms with van der Waals surface area (Å²) in [5.41, 5.74) is -0.394. The van der Waals surface area contributed by atoms with Gasteiger partial charge in [-0.3, -0.25) is 0 Å². The first-order valence-electron chi connectivity index (χ1n) is 3.52. The third-order valence-corrected chi connectivity index (χ3v) is 2.16. The number of hydrogen-bond acceptors (Lipinski definition) is 3. The Morgan fingerprint density at radius 2 is 1.90 bits per heavy atom. The van der Waals surface area contributed by atoms with Crippen molar-refractivity contribution in [3.8, 4) is 0 Å². The molecule has 0 aliphatic rings. The highest BCUT2D eigenvalue weighted by Crippen LogP contribution is 2.25. The predicted octanol–water partition coefficient (Wildman–Crippen LogP) is 1.23. The molecular weight excluding hydrogens is 130 g/mol. The maximum Gasteiger partial charge on any atom is 0.330 e. The molecule has 0 spiro atoms. The molecule has 3 heteroatoms. The van der Waals surface area contributed by atoms with Crippen molar-refractivity contribution < 1.29 is 9.63 Å². The van der Waals surface area contributed by atoms with Crippen LogP contribution in [0.5, 0.6) is 0 Å². The van der Waals surface area contributed by atoms with Crippen LogP contribution in [0.4, 0.5) is 0 Å². The summed E-state index contributed by atoms with van der Waals surface area (Å²) in [6.45, 7) is 5.74. The van der Waals surface area contributed by atoms with Crippen LogP contribution in [0.2, 0.25) is 0 Å². The van der Waals surface area contributed by atoms with Crippen molar-refractivity contribution in [2.45, 2.75) is 33.6 Å². The molecule has 0 aliphatic carbocycles. The molecule has 0 bridgehead atoms. The van der Waals surface area contributed by atoms with Gasteiger partial charge < -0.3 is 4.84 Å². The fraction of sp³-hybridized carbons (Fsp3) is 0.857. The van der Waals surface area contributed by atoms with Crippen LogP contribution >= 0.6 is 0 Å². The van der Waals surface area contributed by atoms with Crippen molar-refractivity contribution >= 4 is 5.97 Å². The quantitative estimate of drug-likeness (QED) is 0.608. The summed E-state index contributed by atoms with van der Waals surface area (Å²) in [6, 6.07) is 0. The molecule has 0 amide bonds. The zero-order chi connectivity index (χ0) is 8.20. The van der Waals surface area contributed by atoms with Crippen molar-refractivity contribution in [1.82, 2.24) is 0 Å². The number of hydrogen-bond donors (Lipinski definition) is 1. The minimum absolute atomic E-state index is 0.322. The molecule has 0 aromatic heterocycles. The lowest BCUT2D eigenvalue weighted by atomic mass is 9.85. The van der Waals surface area contributed by atoms with Crippen LogP contribution in [-0.2, 0) is 9.63 Å². The molecule has 0 fully saturated rings. The highest BCUT2D eigenvalue weighted by molar-refractivity contribution is 5.75. The SMILES string of the molecule is CCC(C)(CC)C(=O)ON. The van der Waals surface area contributed by atoms with Crippen molar-refractivity contribution in [2.24, 2.45) is 11.3 Å². The van der Waals surface area contributed by atoms with E-state index in [1.807, 2.05) is 20.8 Å². The fourth-order valence-corrected chi connectivity index (χ4v) is 0.681. The van der Waals surface area contributed by atoms with Gasteiger partial charge in [0.05, 0.1) is 5.41 Å². The highest BCUT2D eigenvalue weighted by Gasteiger charge is 2.30. The summed E-state index contributed by atoms with van der Waals surface area (Å²) >= 11 is 0. The lowest BCUT2D eigenvalue weighted by Gasteiger charge is -2.21. The summed E-state index contributed by atoms with van der Waals surface area (Å²) in [5, 5.41) is 0. The zero-order valence-electron chi connectivity index (χ0n) is 6.81. The molecule has 0 aromatic carbocycles. The first-order valence-corrected chi connectivity index (χ1v) is 3.52. The monoisotopic (exact) mass is 145 g/mol. The van der Waals surface area contributed by atoms with E-state index in [4.69, 9.17) is 5.90 Å². The molecule has 60 valence electrons. The van der Waals surface area contributed by atoms with Gasteiger partial charge in [0.25, 0.3) is 0 Å². The Bertz CT molecular complexity index is 119. The Morgan fingerprint density at radius 3 is 2.00 bits per heavy atom. The predicted molar refractivity (Wildman–Crippen MR) is 39.0 cm³/mol. The van der Waals surface area contributed by atoms with Crippen LogP contribution in [0, 0.1) is 5.41 Å². The van der Waals surface area contributed by atoms with Crippen LogP contribution in [0.3, 0.4) is 0 Å². The second kappa shape index (κ2) is 3.56. The topological polar surface area (TPSA) is 52.3 Å². The molecule has 3 nitrogen and oxygen atoms in total. The van der Waals surface area contributed by atoms with Gasteiger partial charge in [-0.25, -0.2) is 4.79 Å². The van der Waals surface area contributed by atoms with Gasteiger partial charge in [-0.05, 0) is 19.8 Å². The van der Waals surface area contributed by atoms with Gasteiger partial charge in [-0.2, -0.15) is 5.90 Å². The normalized spacial score (nSPS) is 11.2. The summed E-state index contributed by atoms with van der Waals surface area (Å²) in [4.78, 5) is 15.1. The molecule has 0 saturated heterocycles. The van der Waals surface area contributed by atoms with Crippen LogP contribution in [0.15, 0.2) is 0 Å². The van der Waals surface area contributed by atoms with E-state index in [1.54, 1.807) is 0 Å². The molecule has 0 atom stereocenters. The largest absolute Gasteiger partial charge is 0.373 e. The second-order valence-electron chi connectivity index (χ2n) is 2.67. The smallest absolute Gasteiger partial charge is 0.330 e. The molecule has 0 heterocycles. The first-order chi connectivity index (χ1) is 4.60. The van der Waals surface area contributed by atoms with Crippen molar-refractivity contribution in [2.75, 3.05) is 0 Å². The van der Waals surface area contributed by atoms with Gasteiger partial charge in [0, 0.05) is 0 Å². The van der Waals surface area contributed by atoms with Crippen molar-refractivity contribution in [1.29, 1.82) is 0 Å². The Kier molecular flexibility index (Phi) is 3.36. The highest BCUT2D eigenvalue weighted by atomic mass is 16.7. The number of rotatable bonds is 3. The summed E-state index contributed by atoms with van der Waals surface area (Å²) in [7, 11) is 0. The lowest BCUT2D eigenvalue weighted by molar-refractivity contribution is -0.156. The van der Waals surface area contributed by atoms with Crippen molar-refractivity contribution in [3.05, 3.63) is 0 Å². The minimum atomic E-state index is -0.394. The molecule has 0 aromatic rings. The van der Waals surface area contributed by atoms with E-state index >= 15 is 0 Å². The summed E-state index contributed by atoms with van der Waals surface area (Å²) in [5.74, 6) is 4.44. The van der Waals surface area contributed by atoms with Crippen LogP contribution in [-0.4, -0.2) is 5.97 Å². The number of carbonyl (C=O) groups is 1. The number of nitrogens with two attached hydrogens (primary N) is 1. The van der Waals surface area contributed by atoms with Gasteiger partial charge in [-0.1, -0.05) is 13.8 Å². The van der Waals surface area contributed by atoms with Gasteiger partial charge >= 0.3 is 5.97 Å². The van der Waals surface area contributed by atoms with Crippen molar-refractivity contribution in [3.63, 3.8) is 0 Å². The maximum atomic E-state index is 10.9. The Labute approximate surface area is 61.5 Å².